The van der Waals surface area contributed by atoms with Crippen LogP contribution in [-0.2, 0) is 9.53 Å². The molecule has 1 N–H and O–H groups in total. The molecular formula is C16H30N2O3. The number of likely N-dealkylation sites (tertiary alicyclic amines) is 1. The summed E-state index contributed by atoms with van der Waals surface area (Å²) in [6.07, 6.45) is 4.91. The molecule has 21 heavy (non-hydrogen) atoms. The molecule has 0 amide bonds. The summed E-state index contributed by atoms with van der Waals surface area (Å²) in [7, 11) is 0. The lowest BCUT2D eigenvalue weighted by Crippen LogP contribution is -2.52. The van der Waals surface area contributed by atoms with Gasteiger partial charge >= 0.3 is 5.97 Å². The minimum Gasteiger partial charge on any atom is -0.481 e. The van der Waals surface area contributed by atoms with E-state index in [1.54, 1.807) is 0 Å². The first-order chi connectivity index (χ1) is 10.1. The van der Waals surface area contributed by atoms with Crippen molar-refractivity contribution in [2.45, 2.75) is 64.1 Å². The number of piperidine rings is 1. The second-order valence-corrected chi connectivity index (χ2v) is 6.66. The molecule has 2 unspecified atom stereocenters. The highest BCUT2D eigenvalue weighted by Gasteiger charge is 2.28. The topological polar surface area (TPSA) is 53.0 Å². The van der Waals surface area contributed by atoms with Crippen molar-refractivity contribution >= 4 is 5.97 Å². The fourth-order valence-electron chi connectivity index (χ4n) is 3.50. The summed E-state index contributed by atoms with van der Waals surface area (Å²) in [5.74, 6) is -0.680. The molecule has 0 spiro atoms. The lowest BCUT2D eigenvalue weighted by molar-refractivity contribution is -0.137. The average molecular weight is 298 g/mol. The van der Waals surface area contributed by atoms with Gasteiger partial charge in [-0.3, -0.25) is 14.6 Å². The predicted molar refractivity (Wildman–Crippen MR) is 82.5 cm³/mol. The summed E-state index contributed by atoms with van der Waals surface area (Å²) in [6, 6.07) is 0.994. The Hall–Kier alpha value is -0.650. The summed E-state index contributed by atoms with van der Waals surface area (Å²) in [4.78, 5) is 15.8. The zero-order valence-electron chi connectivity index (χ0n) is 13.5. The molecule has 0 saturated carbocycles. The second kappa shape index (κ2) is 8.11. The molecule has 5 nitrogen and oxygen atoms in total. The van der Waals surface area contributed by atoms with Gasteiger partial charge in [-0.15, -0.1) is 0 Å². The second-order valence-electron chi connectivity index (χ2n) is 6.66. The average Bonchev–Trinajstić information content (AvgIpc) is 2.46. The van der Waals surface area contributed by atoms with E-state index in [9.17, 15) is 4.79 Å². The number of carbonyl (C=O) groups is 1. The fourth-order valence-corrected chi connectivity index (χ4v) is 3.50. The van der Waals surface area contributed by atoms with Crippen LogP contribution in [0, 0.1) is 0 Å². The molecule has 2 atom stereocenters. The van der Waals surface area contributed by atoms with Gasteiger partial charge < -0.3 is 9.84 Å². The number of nitrogens with zero attached hydrogens (tertiary/aromatic N) is 2. The number of hydrogen-bond acceptors (Lipinski definition) is 4. The lowest BCUT2D eigenvalue weighted by Gasteiger charge is -2.41. The number of morpholine rings is 1. The van der Waals surface area contributed by atoms with Crippen LogP contribution >= 0.6 is 0 Å². The molecule has 0 radical (unpaired) electrons. The Labute approximate surface area is 128 Å². The van der Waals surface area contributed by atoms with Gasteiger partial charge in [-0.2, -0.15) is 0 Å². The third-order valence-electron chi connectivity index (χ3n) is 4.78. The third-order valence-corrected chi connectivity index (χ3v) is 4.78. The smallest absolute Gasteiger partial charge is 0.303 e. The van der Waals surface area contributed by atoms with E-state index in [1.807, 2.05) is 0 Å². The van der Waals surface area contributed by atoms with Gasteiger partial charge in [0.1, 0.15) is 0 Å². The molecule has 2 fully saturated rings. The third kappa shape index (κ3) is 5.24. The summed E-state index contributed by atoms with van der Waals surface area (Å²) >= 11 is 0. The van der Waals surface area contributed by atoms with Crippen LogP contribution in [-0.4, -0.2) is 71.8 Å². The largest absolute Gasteiger partial charge is 0.481 e. The quantitative estimate of drug-likeness (QED) is 0.810. The molecule has 2 saturated heterocycles. The van der Waals surface area contributed by atoms with Crippen LogP contribution in [0.25, 0.3) is 0 Å². The van der Waals surface area contributed by atoms with Gasteiger partial charge in [0.15, 0.2) is 0 Å². The van der Waals surface area contributed by atoms with Gasteiger partial charge in [0.05, 0.1) is 12.7 Å². The summed E-state index contributed by atoms with van der Waals surface area (Å²) in [5, 5.41) is 8.90. The minimum atomic E-state index is -0.680. The van der Waals surface area contributed by atoms with Gasteiger partial charge in [0.2, 0.25) is 0 Å². The van der Waals surface area contributed by atoms with Crippen LogP contribution in [0.5, 0.6) is 0 Å². The molecule has 0 aromatic rings. The minimum absolute atomic E-state index is 0.270. The molecule has 2 aliphatic heterocycles. The number of hydrogen-bond donors (Lipinski definition) is 1. The standard InChI is InChI=1S/C16H30N2O3/c1-13(2)17-9-10-21-15(11-17)12-18-8-4-3-5-14(18)6-7-16(19)20/h13-15H,3-12H2,1-2H3,(H,19,20). The first-order valence-corrected chi connectivity index (χ1v) is 8.37. The summed E-state index contributed by atoms with van der Waals surface area (Å²) in [6.45, 7) is 9.35. The van der Waals surface area contributed by atoms with Crippen molar-refractivity contribution in [3.8, 4) is 0 Å². The van der Waals surface area contributed by atoms with Crippen molar-refractivity contribution in [2.75, 3.05) is 32.8 Å². The molecule has 0 aromatic heterocycles. The molecular weight excluding hydrogens is 268 g/mol. The molecule has 2 heterocycles. The maximum Gasteiger partial charge on any atom is 0.303 e. The van der Waals surface area contributed by atoms with Gasteiger partial charge in [0, 0.05) is 38.1 Å². The van der Waals surface area contributed by atoms with Crippen LogP contribution in [0.3, 0.4) is 0 Å². The van der Waals surface area contributed by atoms with Crippen molar-refractivity contribution in [3.63, 3.8) is 0 Å². The molecule has 0 aromatic carbocycles. The number of carboxylic acid groups (broad SMARTS) is 1. The van der Waals surface area contributed by atoms with Gasteiger partial charge in [-0.05, 0) is 39.7 Å². The van der Waals surface area contributed by atoms with E-state index in [4.69, 9.17) is 9.84 Å². The molecule has 2 aliphatic rings. The molecule has 0 aliphatic carbocycles. The lowest BCUT2D eigenvalue weighted by atomic mass is 9.97. The van der Waals surface area contributed by atoms with Crippen molar-refractivity contribution in [3.05, 3.63) is 0 Å². The predicted octanol–water partition coefficient (Wildman–Crippen LogP) is 1.81. The van der Waals surface area contributed by atoms with Crippen molar-refractivity contribution in [2.24, 2.45) is 0 Å². The highest BCUT2D eigenvalue weighted by Crippen LogP contribution is 2.22. The monoisotopic (exact) mass is 298 g/mol. The Balaban J connectivity index is 1.84. The Morgan fingerprint density at radius 3 is 2.86 bits per heavy atom. The van der Waals surface area contributed by atoms with Crippen LogP contribution < -0.4 is 0 Å². The maximum absolute atomic E-state index is 10.8. The number of aliphatic carboxylic acids is 1. The van der Waals surface area contributed by atoms with E-state index in [2.05, 4.69) is 23.6 Å². The molecule has 0 bridgehead atoms. The summed E-state index contributed by atoms with van der Waals surface area (Å²) in [5.41, 5.74) is 0. The highest BCUT2D eigenvalue weighted by molar-refractivity contribution is 5.66. The first kappa shape index (κ1) is 16.7. The van der Waals surface area contributed by atoms with E-state index in [0.717, 1.165) is 45.6 Å². The Morgan fingerprint density at radius 1 is 1.33 bits per heavy atom. The van der Waals surface area contributed by atoms with E-state index in [-0.39, 0.29) is 12.5 Å². The van der Waals surface area contributed by atoms with E-state index >= 15 is 0 Å². The van der Waals surface area contributed by atoms with Gasteiger partial charge in [-0.25, -0.2) is 0 Å². The van der Waals surface area contributed by atoms with Crippen LogP contribution in [0.4, 0.5) is 0 Å². The van der Waals surface area contributed by atoms with Crippen molar-refractivity contribution in [1.29, 1.82) is 0 Å². The van der Waals surface area contributed by atoms with E-state index < -0.39 is 5.97 Å². The fraction of sp³-hybridized carbons (Fsp3) is 0.938. The number of rotatable bonds is 6. The van der Waals surface area contributed by atoms with Crippen molar-refractivity contribution in [1.82, 2.24) is 9.80 Å². The molecule has 122 valence electrons. The maximum atomic E-state index is 10.8. The molecule has 2 rings (SSSR count). The Kier molecular flexibility index (Phi) is 6.45. The molecule has 5 heteroatoms. The highest BCUT2D eigenvalue weighted by atomic mass is 16.5. The zero-order chi connectivity index (χ0) is 15.2. The first-order valence-electron chi connectivity index (χ1n) is 8.37. The van der Waals surface area contributed by atoms with E-state index in [1.165, 1.54) is 12.8 Å². The van der Waals surface area contributed by atoms with Crippen LogP contribution in [0.15, 0.2) is 0 Å². The van der Waals surface area contributed by atoms with Gasteiger partial charge in [-0.1, -0.05) is 6.42 Å². The van der Waals surface area contributed by atoms with Crippen molar-refractivity contribution < 1.29 is 14.6 Å². The van der Waals surface area contributed by atoms with Crippen LogP contribution in [0.2, 0.25) is 0 Å². The zero-order valence-corrected chi connectivity index (χ0v) is 13.5. The SMILES string of the molecule is CC(C)N1CCOC(CN2CCCCC2CCC(=O)O)C1. The van der Waals surface area contributed by atoms with E-state index in [0.29, 0.717) is 12.1 Å². The summed E-state index contributed by atoms with van der Waals surface area (Å²) < 4.78 is 5.94. The van der Waals surface area contributed by atoms with Gasteiger partial charge in [0.25, 0.3) is 0 Å². The Bertz CT molecular complexity index is 335. The number of carboxylic acids is 1. The Morgan fingerprint density at radius 2 is 2.14 bits per heavy atom. The van der Waals surface area contributed by atoms with Crippen LogP contribution in [0.1, 0.15) is 46.0 Å². The normalized spacial score (nSPS) is 28.9. The number of ether oxygens (including phenoxy) is 1.